The van der Waals surface area contributed by atoms with Crippen LogP contribution in [0.1, 0.15) is 10.4 Å². The van der Waals surface area contributed by atoms with Crippen molar-refractivity contribution in [2.75, 3.05) is 36.6 Å². The van der Waals surface area contributed by atoms with Crippen molar-refractivity contribution in [3.63, 3.8) is 0 Å². The third-order valence-corrected chi connectivity index (χ3v) is 4.84. The molecule has 27 heavy (non-hydrogen) atoms. The normalized spacial score (nSPS) is 10.8. The summed E-state index contributed by atoms with van der Waals surface area (Å²) in [6.45, 7) is -0.246. The maximum atomic E-state index is 12.0. The molecule has 2 aromatic carbocycles. The van der Waals surface area contributed by atoms with Gasteiger partial charge in [0.05, 0.1) is 24.6 Å². The van der Waals surface area contributed by atoms with Crippen molar-refractivity contribution in [2.45, 2.75) is 0 Å². The molecule has 0 aromatic heterocycles. The van der Waals surface area contributed by atoms with Crippen LogP contribution in [0.25, 0.3) is 0 Å². The monoisotopic (exact) mass is 392 g/mol. The number of methoxy groups -OCH3 is 1. The summed E-state index contributed by atoms with van der Waals surface area (Å²) in [7, 11) is -0.622. The lowest BCUT2D eigenvalue weighted by Crippen LogP contribution is -2.24. The second kappa shape index (κ2) is 8.54. The molecule has 8 nitrogen and oxygen atoms in total. The van der Waals surface area contributed by atoms with Gasteiger partial charge in [-0.15, -0.1) is 0 Å². The molecule has 0 radical (unpaired) electrons. The van der Waals surface area contributed by atoms with Crippen molar-refractivity contribution < 1.29 is 27.5 Å². The van der Waals surface area contributed by atoms with E-state index in [-0.39, 0.29) is 6.61 Å². The number of benzene rings is 2. The summed E-state index contributed by atoms with van der Waals surface area (Å²) in [5, 5.41) is 2.62. The van der Waals surface area contributed by atoms with Crippen LogP contribution in [0.15, 0.2) is 48.5 Å². The first-order valence-electron chi connectivity index (χ1n) is 7.85. The van der Waals surface area contributed by atoms with Crippen molar-refractivity contribution in [1.82, 2.24) is 0 Å². The first-order valence-corrected chi connectivity index (χ1v) is 9.70. The summed E-state index contributed by atoms with van der Waals surface area (Å²) < 4.78 is 34.2. The summed E-state index contributed by atoms with van der Waals surface area (Å²) in [6, 6.07) is 12.6. The number of ether oxygens (including phenoxy) is 2. The van der Waals surface area contributed by atoms with Crippen LogP contribution in [0.2, 0.25) is 0 Å². The molecule has 0 saturated heterocycles. The molecule has 2 aromatic rings. The van der Waals surface area contributed by atoms with E-state index < -0.39 is 21.9 Å². The maximum absolute atomic E-state index is 12.0. The number of esters is 1. The van der Waals surface area contributed by atoms with Gasteiger partial charge < -0.3 is 14.8 Å². The number of hydrogen-bond donors (Lipinski definition) is 1. The smallest absolute Gasteiger partial charge is 0.337 e. The molecule has 1 amide bonds. The van der Waals surface area contributed by atoms with Gasteiger partial charge in [0.2, 0.25) is 10.0 Å². The number of nitrogens with one attached hydrogen (secondary N) is 1. The van der Waals surface area contributed by atoms with Gasteiger partial charge in [0.1, 0.15) is 5.75 Å². The van der Waals surface area contributed by atoms with Gasteiger partial charge in [0.25, 0.3) is 5.91 Å². The molecular weight excluding hydrogens is 372 g/mol. The van der Waals surface area contributed by atoms with E-state index in [1.54, 1.807) is 42.5 Å². The van der Waals surface area contributed by atoms with Crippen LogP contribution in [-0.4, -0.2) is 47.3 Å². The Morgan fingerprint density at radius 3 is 2.37 bits per heavy atom. The van der Waals surface area contributed by atoms with E-state index in [1.807, 2.05) is 0 Å². The van der Waals surface area contributed by atoms with Crippen molar-refractivity contribution in [3.05, 3.63) is 54.1 Å². The van der Waals surface area contributed by atoms with Crippen LogP contribution in [0.4, 0.5) is 11.4 Å². The molecule has 0 saturated carbocycles. The molecule has 0 aliphatic rings. The average Bonchev–Trinajstić information content (AvgIpc) is 2.65. The van der Waals surface area contributed by atoms with Crippen molar-refractivity contribution in [3.8, 4) is 5.75 Å². The van der Waals surface area contributed by atoms with Crippen LogP contribution in [0.3, 0.4) is 0 Å². The number of nitrogens with zero attached hydrogens (tertiary/aromatic N) is 1. The lowest BCUT2D eigenvalue weighted by Gasteiger charge is -2.16. The van der Waals surface area contributed by atoms with Gasteiger partial charge in [-0.2, -0.15) is 0 Å². The Bertz CT molecular complexity index is 925. The molecule has 2 rings (SSSR count). The van der Waals surface area contributed by atoms with Crippen LogP contribution in [-0.2, 0) is 19.6 Å². The highest BCUT2D eigenvalue weighted by Gasteiger charge is 2.12. The van der Waals surface area contributed by atoms with Crippen molar-refractivity contribution in [1.29, 1.82) is 0 Å². The Kier molecular flexibility index (Phi) is 6.40. The second-order valence-corrected chi connectivity index (χ2v) is 7.65. The van der Waals surface area contributed by atoms with E-state index in [0.717, 1.165) is 10.6 Å². The van der Waals surface area contributed by atoms with Gasteiger partial charge in [-0.3, -0.25) is 9.10 Å². The highest BCUT2D eigenvalue weighted by molar-refractivity contribution is 7.92. The summed E-state index contributed by atoms with van der Waals surface area (Å²) in [6.07, 6.45) is 1.11. The molecule has 0 bridgehead atoms. The SMILES string of the molecule is COC(=O)c1cccc(NC(=O)COc2ccc(N(C)S(C)(=O)=O)cc2)c1. The zero-order valence-electron chi connectivity index (χ0n) is 15.1. The highest BCUT2D eigenvalue weighted by atomic mass is 32.2. The molecule has 0 heterocycles. The molecule has 0 fully saturated rings. The van der Waals surface area contributed by atoms with E-state index in [4.69, 9.17) is 4.74 Å². The van der Waals surface area contributed by atoms with Gasteiger partial charge in [0.15, 0.2) is 6.61 Å². The standard InChI is InChI=1S/C18H20N2O6S/c1-20(27(3,23)24)15-7-9-16(10-8-15)26-12-17(21)19-14-6-4-5-13(11-14)18(22)25-2/h4-11H,12H2,1-3H3,(H,19,21). The first kappa shape index (κ1) is 20.2. The molecule has 0 unspecified atom stereocenters. The van der Waals surface area contributed by atoms with E-state index in [9.17, 15) is 18.0 Å². The second-order valence-electron chi connectivity index (χ2n) is 5.63. The molecule has 0 aliphatic carbocycles. The number of amides is 1. The van der Waals surface area contributed by atoms with Crippen molar-refractivity contribution >= 4 is 33.3 Å². The lowest BCUT2D eigenvalue weighted by atomic mass is 10.2. The van der Waals surface area contributed by atoms with Gasteiger partial charge in [-0.05, 0) is 42.5 Å². The Balaban J connectivity index is 1.93. The molecule has 9 heteroatoms. The maximum Gasteiger partial charge on any atom is 0.337 e. The fourth-order valence-electron chi connectivity index (χ4n) is 2.13. The third kappa shape index (κ3) is 5.71. The third-order valence-electron chi connectivity index (χ3n) is 3.64. The summed E-state index contributed by atoms with van der Waals surface area (Å²) in [5.41, 5.74) is 1.24. The van der Waals surface area contributed by atoms with E-state index in [2.05, 4.69) is 10.1 Å². The van der Waals surface area contributed by atoms with Crippen molar-refractivity contribution in [2.24, 2.45) is 0 Å². The fraction of sp³-hybridized carbons (Fsp3) is 0.222. The largest absolute Gasteiger partial charge is 0.484 e. The number of carbonyl (C=O) groups excluding carboxylic acids is 2. The van der Waals surface area contributed by atoms with E-state index in [0.29, 0.717) is 22.7 Å². The number of carbonyl (C=O) groups is 2. The molecule has 0 atom stereocenters. The van der Waals surface area contributed by atoms with E-state index >= 15 is 0 Å². The van der Waals surface area contributed by atoms with Gasteiger partial charge in [-0.25, -0.2) is 13.2 Å². The molecule has 144 valence electrons. The fourth-order valence-corrected chi connectivity index (χ4v) is 2.64. The minimum absolute atomic E-state index is 0.246. The van der Waals surface area contributed by atoms with Gasteiger partial charge in [-0.1, -0.05) is 6.07 Å². The molecular formula is C18H20N2O6S. The minimum Gasteiger partial charge on any atom is -0.484 e. The molecule has 0 aliphatic heterocycles. The molecule has 0 spiro atoms. The zero-order valence-corrected chi connectivity index (χ0v) is 15.9. The summed E-state index contributed by atoms with van der Waals surface area (Å²) in [4.78, 5) is 23.5. The van der Waals surface area contributed by atoms with Gasteiger partial charge in [0, 0.05) is 12.7 Å². The van der Waals surface area contributed by atoms with Crippen LogP contribution in [0.5, 0.6) is 5.75 Å². The Hall–Kier alpha value is -3.07. The summed E-state index contributed by atoms with van der Waals surface area (Å²) >= 11 is 0. The number of sulfonamides is 1. The predicted molar refractivity (Wildman–Crippen MR) is 102 cm³/mol. The first-order chi connectivity index (χ1) is 12.7. The van der Waals surface area contributed by atoms with E-state index in [1.165, 1.54) is 20.2 Å². The van der Waals surface area contributed by atoms with Gasteiger partial charge >= 0.3 is 5.97 Å². The quantitative estimate of drug-likeness (QED) is 0.722. The van der Waals surface area contributed by atoms with Crippen LogP contribution < -0.4 is 14.4 Å². The minimum atomic E-state index is -3.35. The number of anilines is 2. The Morgan fingerprint density at radius 2 is 1.78 bits per heavy atom. The lowest BCUT2D eigenvalue weighted by molar-refractivity contribution is -0.118. The summed E-state index contributed by atoms with van der Waals surface area (Å²) in [5.74, 6) is -0.491. The highest BCUT2D eigenvalue weighted by Crippen LogP contribution is 2.20. The zero-order chi connectivity index (χ0) is 20.0. The topological polar surface area (TPSA) is 102 Å². The predicted octanol–water partition coefficient (Wildman–Crippen LogP) is 1.89. The number of hydrogen-bond acceptors (Lipinski definition) is 6. The molecule has 1 N–H and O–H groups in total. The average molecular weight is 392 g/mol. The van der Waals surface area contributed by atoms with Crippen LogP contribution >= 0.6 is 0 Å². The number of rotatable bonds is 7. The Morgan fingerprint density at radius 1 is 1.11 bits per heavy atom. The Labute approximate surface area is 157 Å². The van der Waals surface area contributed by atoms with Crippen LogP contribution in [0, 0.1) is 0 Å².